The molecule has 0 amide bonds. The molecule has 1 aliphatic carbocycles. The third-order valence-corrected chi connectivity index (χ3v) is 6.90. The molecule has 1 saturated heterocycles. The predicted molar refractivity (Wildman–Crippen MR) is 118 cm³/mol. The maximum atomic E-state index is 14.9. The van der Waals surface area contributed by atoms with Crippen molar-refractivity contribution < 1.29 is 23.0 Å². The van der Waals surface area contributed by atoms with Gasteiger partial charge in [0.25, 0.3) is 0 Å². The highest BCUT2D eigenvalue weighted by atomic mass is 32.1. The van der Waals surface area contributed by atoms with Crippen molar-refractivity contribution in [2.24, 2.45) is 11.8 Å². The minimum Gasteiger partial charge on any atom is -0.466 e. The molecule has 1 saturated carbocycles. The van der Waals surface area contributed by atoms with Gasteiger partial charge in [-0.15, -0.1) is 11.3 Å². The van der Waals surface area contributed by atoms with Gasteiger partial charge in [0.1, 0.15) is 17.3 Å². The van der Waals surface area contributed by atoms with Crippen LogP contribution in [0.2, 0.25) is 0 Å². The topological polar surface area (TPSA) is 38.8 Å². The monoisotopic (exact) mass is 449 g/mol. The number of hydrogen-bond acceptors (Lipinski definition) is 5. The van der Waals surface area contributed by atoms with Crippen LogP contribution in [0.5, 0.6) is 0 Å². The predicted octanol–water partition coefficient (Wildman–Crippen LogP) is 5.79. The molecule has 1 aliphatic heterocycles. The molecule has 0 atom stereocenters. The molecule has 1 aromatic heterocycles. The third kappa shape index (κ3) is 5.83. The Kier molecular flexibility index (Phi) is 7.23. The summed E-state index contributed by atoms with van der Waals surface area (Å²) in [6, 6.07) is 4.78. The zero-order chi connectivity index (χ0) is 21.8. The van der Waals surface area contributed by atoms with Crippen molar-refractivity contribution in [3.63, 3.8) is 0 Å². The molecular weight excluding hydrogens is 420 g/mol. The van der Waals surface area contributed by atoms with E-state index in [0.717, 1.165) is 17.0 Å². The molecule has 1 aromatic carbocycles. The van der Waals surface area contributed by atoms with Gasteiger partial charge in [-0.25, -0.2) is 8.78 Å². The van der Waals surface area contributed by atoms with Crippen LogP contribution in [0.1, 0.15) is 43.9 Å². The second-order valence-electron chi connectivity index (χ2n) is 8.49. The number of carbonyl (C=O) groups excluding carboxylic acids is 1. The summed E-state index contributed by atoms with van der Waals surface area (Å²) in [5.74, 6) is -0.374. The lowest BCUT2D eigenvalue weighted by atomic mass is 9.93. The van der Waals surface area contributed by atoms with Crippen molar-refractivity contribution >= 4 is 23.0 Å². The number of nitrogens with zero attached hydrogens (tertiary/aromatic N) is 1. The zero-order valence-corrected chi connectivity index (χ0v) is 18.7. The molecule has 4 rings (SSSR count). The van der Waals surface area contributed by atoms with Crippen molar-refractivity contribution in [2.75, 3.05) is 31.2 Å². The van der Waals surface area contributed by atoms with E-state index < -0.39 is 11.6 Å². The van der Waals surface area contributed by atoms with E-state index in [0.29, 0.717) is 57.0 Å². The van der Waals surface area contributed by atoms with Crippen LogP contribution >= 0.6 is 11.3 Å². The van der Waals surface area contributed by atoms with Crippen LogP contribution in [0.25, 0.3) is 11.1 Å². The van der Waals surface area contributed by atoms with Gasteiger partial charge in [0.2, 0.25) is 0 Å². The van der Waals surface area contributed by atoms with Gasteiger partial charge >= 0.3 is 5.97 Å². The van der Waals surface area contributed by atoms with Gasteiger partial charge in [-0.1, -0.05) is 0 Å². The number of ether oxygens (including phenoxy) is 2. The Hall–Kier alpha value is -1.99. The fraction of sp³-hybridized carbons (Fsp3) is 0.542. The van der Waals surface area contributed by atoms with Gasteiger partial charge in [-0.3, -0.25) is 4.79 Å². The maximum Gasteiger partial charge on any atom is 0.306 e. The number of rotatable bonds is 9. The van der Waals surface area contributed by atoms with E-state index >= 15 is 0 Å². The van der Waals surface area contributed by atoms with Crippen LogP contribution in [0.4, 0.5) is 14.5 Å². The van der Waals surface area contributed by atoms with Crippen LogP contribution in [0.3, 0.4) is 0 Å². The van der Waals surface area contributed by atoms with Gasteiger partial charge < -0.3 is 14.4 Å². The number of anilines is 1. The Balaban J connectivity index is 1.37. The van der Waals surface area contributed by atoms with Crippen molar-refractivity contribution in [3.05, 3.63) is 40.1 Å². The number of halogens is 2. The quantitative estimate of drug-likeness (QED) is 0.454. The second-order valence-corrected chi connectivity index (χ2v) is 9.48. The maximum absolute atomic E-state index is 14.9. The van der Waals surface area contributed by atoms with E-state index in [1.165, 1.54) is 25.0 Å². The first-order chi connectivity index (χ1) is 15.0. The summed E-state index contributed by atoms with van der Waals surface area (Å²) >= 11 is 1.55. The smallest absolute Gasteiger partial charge is 0.306 e. The summed E-state index contributed by atoms with van der Waals surface area (Å²) in [7, 11) is 0. The molecule has 168 valence electrons. The summed E-state index contributed by atoms with van der Waals surface area (Å²) in [5, 5.41) is 1.92. The normalized spacial score (nSPS) is 17.2. The standard InChI is InChI=1S/C24H29F2NO3S/c1-2-30-23(28)9-16-5-7-27(8-6-16)24-21(25)11-18(12-22(24)26)19-10-20(31-15-19)14-29-13-17-3-4-17/h10-12,15-17H,2-9,13-14H2,1H3. The molecule has 2 fully saturated rings. The lowest BCUT2D eigenvalue weighted by Crippen LogP contribution is -2.35. The van der Waals surface area contributed by atoms with E-state index in [-0.39, 0.29) is 17.6 Å². The Bertz CT molecular complexity index is 881. The van der Waals surface area contributed by atoms with Crippen molar-refractivity contribution in [1.82, 2.24) is 0 Å². The highest BCUT2D eigenvalue weighted by molar-refractivity contribution is 7.10. The van der Waals surface area contributed by atoms with Crippen molar-refractivity contribution in [3.8, 4) is 11.1 Å². The SMILES string of the molecule is CCOC(=O)CC1CCN(c2c(F)cc(-c3csc(COCC4CC4)c3)cc2F)CC1. The lowest BCUT2D eigenvalue weighted by Gasteiger charge is -2.33. The minimum atomic E-state index is -0.545. The summed E-state index contributed by atoms with van der Waals surface area (Å²) < 4.78 is 40.6. The first-order valence-corrected chi connectivity index (χ1v) is 12.0. The van der Waals surface area contributed by atoms with Crippen LogP contribution in [0, 0.1) is 23.5 Å². The fourth-order valence-electron chi connectivity index (χ4n) is 4.07. The summed E-state index contributed by atoms with van der Waals surface area (Å²) in [5.41, 5.74) is 1.38. The van der Waals surface area contributed by atoms with E-state index in [2.05, 4.69) is 0 Å². The molecule has 0 spiro atoms. The Labute approximate surface area is 186 Å². The fourth-order valence-corrected chi connectivity index (χ4v) is 4.90. The first kappa shape index (κ1) is 22.2. The molecule has 7 heteroatoms. The molecule has 2 heterocycles. The lowest BCUT2D eigenvalue weighted by molar-refractivity contribution is -0.144. The molecule has 4 nitrogen and oxygen atoms in total. The largest absolute Gasteiger partial charge is 0.466 e. The van der Waals surface area contributed by atoms with Gasteiger partial charge in [-0.05, 0) is 79.1 Å². The van der Waals surface area contributed by atoms with Crippen molar-refractivity contribution in [2.45, 2.75) is 45.6 Å². The van der Waals surface area contributed by atoms with Crippen LogP contribution in [0.15, 0.2) is 23.6 Å². The highest BCUT2D eigenvalue weighted by Gasteiger charge is 2.26. The molecule has 0 bridgehead atoms. The van der Waals surface area contributed by atoms with Crippen LogP contribution < -0.4 is 4.90 Å². The van der Waals surface area contributed by atoms with E-state index in [9.17, 15) is 13.6 Å². The molecule has 2 aromatic rings. The van der Waals surface area contributed by atoms with Crippen molar-refractivity contribution in [1.29, 1.82) is 0 Å². The Morgan fingerprint density at radius 1 is 1.06 bits per heavy atom. The molecule has 0 unspecified atom stereocenters. The van der Waals surface area contributed by atoms with Gasteiger partial charge in [0.15, 0.2) is 0 Å². The number of hydrogen-bond donors (Lipinski definition) is 0. The average Bonchev–Trinajstić information content (AvgIpc) is 3.44. The summed E-state index contributed by atoms with van der Waals surface area (Å²) in [6.45, 7) is 4.55. The second kappa shape index (κ2) is 10.1. The van der Waals surface area contributed by atoms with E-state index in [4.69, 9.17) is 9.47 Å². The highest BCUT2D eigenvalue weighted by Crippen LogP contribution is 2.35. The molecule has 0 N–H and O–H groups in total. The molecule has 2 aliphatic rings. The zero-order valence-electron chi connectivity index (χ0n) is 17.9. The summed E-state index contributed by atoms with van der Waals surface area (Å²) in [4.78, 5) is 14.5. The third-order valence-electron chi connectivity index (χ3n) is 5.99. The van der Waals surface area contributed by atoms with Gasteiger partial charge in [0, 0.05) is 31.0 Å². The minimum absolute atomic E-state index is 0.0292. The van der Waals surface area contributed by atoms with Crippen LogP contribution in [-0.4, -0.2) is 32.3 Å². The number of benzene rings is 1. The van der Waals surface area contributed by atoms with E-state index in [1.807, 2.05) is 11.4 Å². The number of thiophene rings is 1. The molecular formula is C24H29F2NO3S. The van der Waals surface area contributed by atoms with Crippen LogP contribution in [-0.2, 0) is 20.9 Å². The number of esters is 1. The van der Waals surface area contributed by atoms with Gasteiger partial charge in [0.05, 0.1) is 13.2 Å². The molecule has 31 heavy (non-hydrogen) atoms. The number of piperidine rings is 1. The molecule has 0 radical (unpaired) electrons. The van der Waals surface area contributed by atoms with Gasteiger partial charge in [-0.2, -0.15) is 0 Å². The Morgan fingerprint density at radius 3 is 2.42 bits per heavy atom. The average molecular weight is 450 g/mol. The first-order valence-electron chi connectivity index (χ1n) is 11.1. The Morgan fingerprint density at radius 2 is 1.77 bits per heavy atom. The number of carbonyl (C=O) groups is 1. The van der Waals surface area contributed by atoms with E-state index in [1.54, 1.807) is 23.2 Å². The summed E-state index contributed by atoms with van der Waals surface area (Å²) in [6.07, 6.45) is 4.31.